The van der Waals surface area contributed by atoms with Gasteiger partial charge in [-0.3, -0.25) is 4.79 Å². The zero-order valence-corrected chi connectivity index (χ0v) is 14.5. The molecule has 1 fully saturated rings. The van der Waals surface area contributed by atoms with Crippen LogP contribution in [0.2, 0.25) is 0 Å². The predicted molar refractivity (Wildman–Crippen MR) is 94.1 cm³/mol. The van der Waals surface area contributed by atoms with Gasteiger partial charge in [-0.25, -0.2) is 9.97 Å². The first-order valence-corrected chi connectivity index (χ1v) is 8.91. The Bertz CT molecular complexity index is 693. The van der Waals surface area contributed by atoms with Crippen molar-refractivity contribution in [1.82, 2.24) is 20.2 Å². The fraction of sp³-hybridized carbons (Fsp3) is 0.562. The number of rotatable bonds is 5. The van der Waals surface area contributed by atoms with Crippen molar-refractivity contribution < 1.29 is 4.79 Å². The first kappa shape index (κ1) is 16.1. The van der Waals surface area contributed by atoms with Gasteiger partial charge in [0.15, 0.2) is 0 Å². The van der Waals surface area contributed by atoms with Crippen LogP contribution in [0.15, 0.2) is 6.33 Å². The summed E-state index contributed by atoms with van der Waals surface area (Å²) < 4.78 is 0. The molecule has 0 spiro atoms. The Hall–Kier alpha value is -1.73. The second-order valence-corrected chi connectivity index (χ2v) is 7.05. The van der Waals surface area contributed by atoms with E-state index < -0.39 is 0 Å². The molecular weight excluding hydrogens is 310 g/mol. The molecule has 1 aliphatic heterocycles. The summed E-state index contributed by atoms with van der Waals surface area (Å²) in [7, 11) is 0. The molecule has 0 saturated carbocycles. The van der Waals surface area contributed by atoms with E-state index in [9.17, 15) is 4.79 Å². The van der Waals surface area contributed by atoms with E-state index in [1.54, 1.807) is 17.7 Å². The Morgan fingerprint density at radius 3 is 2.91 bits per heavy atom. The molecule has 0 atom stereocenters. The van der Waals surface area contributed by atoms with Crippen molar-refractivity contribution >= 4 is 33.3 Å². The highest BCUT2D eigenvalue weighted by Crippen LogP contribution is 2.32. The molecular formula is C16H23N5OS. The van der Waals surface area contributed by atoms with E-state index in [0.717, 1.165) is 55.2 Å². The van der Waals surface area contributed by atoms with Gasteiger partial charge in [0, 0.05) is 44.0 Å². The van der Waals surface area contributed by atoms with Crippen molar-refractivity contribution in [2.24, 2.45) is 0 Å². The van der Waals surface area contributed by atoms with Crippen molar-refractivity contribution in [3.63, 3.8) is 0 Å². The largest absolute Gasteiger partial charge is 0.369 e. The maximum absolute atomic E-state index is 12.1. The number of anilines is 1. The standard InChI is InChI=1S/C16H23N5OS/c1-11-12(2)23-16-14(11)15(19-10-20-16)18-5-3-4-13(22)21-8-6-17-7-9-21/h10,17H,3-9H2,1-2H3,(H,18,19,20). The van der Waals surface area contributed by atoms with E-state index in [1.165, 1.54) is 10.4 Å². The molecule has 0 radical (unpaired) electrons. The van der Waals surface area contributed by atoms with Crippen molar-refractivity contribution in [2.45, 2.75) is 26.7 Å². The summed E-state index contributed by atoms with van der Waals surface area (Å²) in [6, 6.07) is 0. The van der Waals surface area contributed by atoms with Crippen LogP contribution in [-0.2, 0) is 4.79 Å². The van der Waals surface area contributed by atoms with Gasteiger partial charge in [-0.15, -0.1) is 11.3 Å². The average molecular weight is 333 g/mol. The highest BCUT2D eigenvalue weighted by Gasteiger charge is 2.16. The van der Waals surface area contributed by atoms with E-state index in [4.69, 9.17) is 0 Å². The Morgan fingerprint density at radius 1 is 1.35 bits per heavy atom. The van der Waals surface area contributed by atoms with Gasteiger partial charge >= 0.3 is 0 Å². The van der Waals surface area contributed by atoms with E-state index in [1.807, 2.05) is 4.90 Å². The van der Waals surface area contributed by atoms with Crippen LogP contribution in [-0.4, -0.2) is 53.5 Å². The van der Waals surface area contributed by atoms with Crippen molar-refractivity contribution in [1.29, 1.82) is 0 Å². The molecule has 0 aromatic carbocycles. The quantitative estimate of drug-likeness (QED) is 0.818. The number of hydrogen-bond donors (Lipinski definition) is 2. The Labute approximate surface area is 140 Å². The number of carbonyl (C=O) groups is 1. The minimum Gasteiger partial charge on any atom is -0.369 e. The van der Waals surface area contributed by atoms with Crippen LogP contribution in [0, 0.1) is 13.8 Å². The predicted octanol–water partition coefficient (Wildman–Crippen LogP) is 1.93. The third-order valence-corrected chi connectivity index (χ3v) is 5.41. The number of aromatic nitrogens is 2. The molecule has 3 rings (SSSR count). The first-order chi connectivity index (χ1) is 11.2. The van der Waals surface area contributed by atoms with Crippen LogP contribution in [0.1, 0.15) is 23.3 Å². The molecule has 1 aliphatic rings. The van der Waals surface area contributed by atoms with Crippen LogP contribution in [0.4, 0.5) is 5.82 Å². The maximum atomic E-state index is 12.1. The fourth-order valence-corrected chi connectivity index (χ4v) is 3.83. The molecule has 23 heavy (non-hydrogen) atoms. The molecule has 3 heterocycles. The number of thiophene rings is 1. The van der Waals surface area contributed by atoms with Crippen LogP contribution >= 0.6 is 11.3 Å². The lowest BCUT2D eigenvalue weighted by Crippen LogP contribution is -2.46. The SMILES string of the molecule is Cc1sc2ncnc(NCCCC(=O)N3CCNCC3)c2c1C. The molecule has 6 nitrogen and oxygen atoms in total. The molecule has 1 amide bonds. The lowest BCUT2D eigenvalue weighted by atomic mass is 10.2. The fourth-order valence-electron chi connectivity index (χ4n) is 2.84. The van der Waals surface area contributed by atoms with Crippen LogP contribution in [0.25, 0.3) is 10.2 Å². The van der Waals surface area contributed by atoms with Gasteiger partial charge in [0.25, 0.3) is 0 Å². The Morgan fingerprint density at radius 2 is 2.13 bits per heavy atom. The second-order valence-electron chi connectivity index (χ2n) is 5.85. The van der Waals surface area contributed by atoms with Gasteiger partial charge in [-0.05, 0) is 25.8 Å². The van der Waals surface area contributed by atoms with Gasteiger partial charge < -0.3 is 15.5 Å². The molecule has 1 saturated heterocycles. The number of fused-ring (bicyclic) bond motifs is 1. The van der Waals surface area contributed by atoms with Crippen LogP contribution in [0.5, 0.6) is 0 Å². The lowest BCUT2D eigenvalue weighted by molar-refractivity contribution is -0.131. The van der Waals surface area contributed by atoms with Crippen LogP contribution < -0.4 is 10.6 Å². The van der Waals surface area contributed by atoms with E-state index in [2.05, 4.69) is 34.4 Å². The van der Waals surface area contributed by atoms with E-state index in [-0.39, 0.29) is 5.91 Å². The summed E-state index contributed by atoms with van der Waals surface area (Å²) in [5.74, 6) is 1.13. The summed E-state index contributed by atoms with van der Waals surface area (Å²) in [6.45, 7) is 8.42. The minimum atomic E-state index is 0.253. The zero-order chi connectivity index (χ0) is 16.2. The number of aryl methyl sites for hydroxylation is 2. The van der Waals surface area contributed by atoms with Gasteiger partial charge in [0.05, 0.1) is 5.39 Å². The molecule has 0 bridgehead atoms. The molecule has 2 aromatic heterocycles. The average Bonchev–Trinajstić information content (AvgIpc) is 2.87. The number of piperazine rings is 1. The third-order valence-electron chi connectivity index (χ3n) is 4.29. The second kappa shape index (κ2) is 7.23. The Balaban J connectivity index is 1.54. The first-order valence-electron chi connectivity index (χ1n) is 8.10. The van der Waals surface area contributed by atoms with E-state index in [0.29, 0.717) is 6.42 Å². The number of nitrogens with zero attached hydrogens (tertiary/aromatic N) is 3. The van der Waals surface area contributed by atoms with Gasteiger partial charge in [-0.2, -0.15) is 0 Å². The topological polar surface area (TPSA) is 70.2 Å². The molecule has 2 aromatic rings. The molecule has 2 N–H and O–H groups in total. The van der Waals surface area contributed by atoms with Gasteiger partial charge in [0.1, 0.15) is 17.0 Å². The van der Waals surface area contributed by atoms with Crippen LogP contribution in [0.3, 0.4) is 0 Å². The van der Waals surface area contributed by atoms with Gasteiger partial charge in [-0.1, -0.05) is 0 Å². The number of carbonyl (C=O) groups excluding carboxylic acids is 1. The van der Waals surface area contributed by atoms with Gasteiger partial charge in [0.2, 0.25) is 5.91 Å². The van der Waals surface area contributed by atoms with Crippen molar-refractivity contribution in [3.05, 3.63) is 16.8 Å². The molecule has 0 unspecified atom stereocenters. The zero-order valence-electron chi connectivity index (χ0n) is 13.7. The summed E-state index contributed by atoms with van der Waals surface area (Å²) in [6.07, 6.45) is 3.01. The van der Waals surface area contributed by atoms with Crippen molar-refractivity contribution in [2.75, 3.05) is 38.0 Å². The monoisotopic (exact) mass is 333 g/mol. The molecule has 7 heteroatoms. The van der Waals surface area contributed by atoms with Crippen molar-refractivity contribution in [3.8, 4) is 0 Å². The maximum Gasteiger partial charge on any atom is 0.222 e. The number of amides is 1. The Kier molecular flexibility index (Phi) is 5.07. The summed E-state index contributed by atoms with van der Waals surface area (Å²) in [5, 5.41) is 7.75. The van der Waals surface area contributed by atoms with E-state index >= 15 is 0 Å². The highest BCUT2D eigenvalue weighted by molar-refractivity contribution is 7.18. The summed E-state index contributed by atoms with van der Waals surface area (Å²) in [5.41, 5.74) is 1.24. The summed E-state index contributed by atoms with van der Waals surface area (Å²) in [4.78, 5) is 25.1. The molecule has 124 valence electrons. The smallest absolute Gasteiger partial charge is 0.222 e. The normalized spacial score (nSPS) is 15.1. The highest BCUT2D eigenvalue weighted by atomic mass is 32.1. The lowest BCUT2D eigenvalue weighted by Gasteiger charge is -2.27. The molecule has 0 aliphatic carbocycles. The number of hydrogen-bond acceptors (Lipinski definition) is 6. The summed E-state index contributed by atoms with van der Waals surface area (Å²) >= 11 is 1.70. The number of nitrogens with one attached hydrogen (secondary N) is 2. The third kappa shape index (κ3) is 3.61. The minimum absolute atomic E-state index is 0.253.